The van der Waals surface area contributed by atoms with Gasteiger partial charge in [-0.05, 0) is 48.1 Å². The number of aromatic nitrogens is 1. The van der Waals surface area contributed by atoms with Crippen molar-refractivity contribution in [1.82, 2.24) is 14.8 Å². The fourth-order valence-corrected chi connectivity index (χ4v) is 4.93. The number of hydrogen-bond donors (Lipinski definition) is 0. The van der Waals surface area contributed by atoms with Crippen LogP contribution in [0.2, 0.25) is 0 Å². The summed E-state index contributed by atoms with van der Waals surface area (Å²) in [6, 6.07) is 12.3. The highest BCUT2D eigenvalue weighted by molar-refractivity contribution is 5.41. The Morgan fingerprint density at radius 1 is 1.19 bits per heavy atom. The molecule has 1 aromatic carbocycles. The van der Waals surface area contributed by atoms with E-state index in [2.05, 4.69) is 52.0 Å². The molecule has 3 aliphatic rings. The summed E-state index contributed by atoms with van der Waals surface area (Å²) in [5.74, 6) is 1.74. The van der Waals surface area contributed by atoms with Gasteiger partial charge in [-0.1, -0.05) is 18.2 Å². The summed E-state index contributed by atoms with van der Waals surface area (Å²) >= 11 is 0. The standard InChI is InChI=1S/C22H27N3O/c1-16(18-5-4-17-6-10-26-22(17)12-18)24-8-9-25-14-20(11-21(25)15-24)19-3-2-7-23-13-19/h2-5,7,12-13,16,20-21H,6,8-11,14-15H2,1H3. The molecule has 1 aromatic heterocycles. The first kappa shape index (κ1) is 16.3. The van der Waals surface area contributed by atoms with Gasteiger partial charge in [0.25, 0.3) is 0 Å². The van der Waals surface area contributed by atoms with Gasteiger partial charge in [-0.3, -0.25) is 14.8 Å². The highest BCUT2D eigenvalue weighted by Gasteiger charge is 2.38. The Morgan fingerprint density at radius 3 is 3.04 bits per heavy atom. The fraction of sp³-hybridized carbons (Fsp3) is 0.500. The van der Waals surface area contributed by atoms with E-state index in [0.29, 0.717) is 18.0 Å². The molecule has 0 saturated carbocycles. The Labute approximate surface area is 155 Å². The molecule has 0 N–H and O–H groups in total. The quantitative estimate of drug-likeness (QED) is 0.850. The van der Waals surface area contributed by atoms with Crippen LogP contribution in [0.5, 0.6) is 5.75 Å². The Hall–Kier alpha value is -1.91. The predicted octanol–water partition coefficient (Wildman–Crippen LogP) is 3.25. The van der Waals surface area contributed by atoms with E-state index in [-0.39, 0.29) is 0 Å². The zero-order valence-electron chi connectivity index (χ0n) is 15.5. The number of nitrogens with zero attached hydrogens (tertiary/aromatic N) is 3. The van der Waals surface area contributed by atoms with Crippen LogP contribution < -0.4 is 4.74 Å². The Kier molecular flexibility index (Phi) is 4.18. The van der Waals surface area contributed by atoms with Crippen LogP contribution in [-0.2, 0) is 6.42 Å². The lowest BCUT2D eigenvalue weighted by molar-refractivity contribution is 0.0769. The smallest absolute Gasteiger partial charge is 0.122 e. The number of pyridine rings is 1. The molecule has 5 rings (SSSR count). The van der Waals surface area contributed by atoms with Crippen molar-refractivity contribution in [3.63, 3.8) is 0 Å². The van der Waals surface area contributed by atoms with Crippen molar-refractivity contribution in [1.29, 1.82) is 0 Å². The summed E-state index contributed by atoms with van der Waals surface area (Å²) in [5, 5.41) is 0. The predicted molar refractivity (Wildman–Crippen MR) is 103 cm³/mol. The second-order valence-corrected chi connectivity index (χ2v) is 8.00. The van der Waals surface area contributed by atoms with Crippen LogP contribution in [-0.4, -0.2) is 53.6 Å². The first-order valence-electron chi connectivity index (χ1n) is 9.91. The topological polar surface area (TPSA) is 28.6 Å². The zero-order valence-corrected chi connectivity index (χ0v) is 15.5. The molecule has 3 atom stereocenters. The van der Waals surface area contributed by atoms with Crippen LogP contribution in [0.25, 0.3) is 0 Å². The maximum atomic E-state index is 5.78. The normalized spacial score (nSPS) is 27.0. The lowest BCUT2D eigenvalue weighted by atomic mass is 9.97. The number of piperazine rings is 1. The number of benzene rings is 1. The lowest BCUT2D eigenvalue weighted by Gasteiger charge is -2.40. The van der Waals surface area contributed by atoms with Gasteiger partial charge >= 0.3 is 0 Å². The minimum atomic E-state index is 0.448. The van der Waals surface area contributed by atoms with E-state index in [1.54, 1.807) is 0 Å². The van der Waals surface area contributed by atoms with Crippen LogP contribution in [0.15, 0.2) is 42.7 Å². The second-order valence-electron chi connectivity index (χ2n) is 8.00. The van der Waals surface area contributed by atoms with Gasteiger partial charge in [-0.15, -0.1) is 0 Å². The van der Waals surface area contributed by atoms with Gasteiger partial charge in [0.15, 0.2) is 0 Å². The Bertz CT molecular complexity index is 778. The van der Waals surface area contributed by atoms with Crippen molar-refractivity contribution in [2.24, 2.45) is 0 Å². The molecule has 0 amide bonds. The average Bonchev–Trinajstić information content (AvgIpc) is 3.33. The number of hydrogen-bond acceptors (Lipinski definition) is 4. The first-order chi connectivity index (χ1) is 12.8. The molecule has 26 heavy (non-hydrogen) atoms. The monoisotopic (exact) mass is 349 g/mol. The number of rotatable bonds is 3. The fourth-order valence-electron chi connectivity index (χ4n) is 4.93. The molecule has 136 valence electrons. The minimum absolute atomic E-state index is 0.448. The van der Waals surface area contributed by atoms with Crippen molar-refractivity contribution < 1.29 is 4.74 Å². The summed E-state index contributed by atoms with van der Waals surface area (Å²) in [5.41, 5.74) is 4.15. The van der Waals surface area contributed by atoms with Crippen LogP contribution in [0.3, 0.4) is 0 Å². The molecule has 0 spiro atoms. The molecule has 3 unspecified atom stereocenters. The maximum absolute atomic E-state index is 5.78. The molecule has 4 heteroatoms. The second kappa shape index (κ2) is 6.67. The van der Waals surface area contributed by atoms with Gasteiger partial charge in [0, 0.05) is 57.1 Å². The van der Waals surface area contributed by atoms with Gasteiger partial charge < -0.3 is 4.74 Å². The van der Waals surface area contributed by atoms with Gasteiger partial charge in [0.1, 0.15) is 5.75 Å². The molecule has 2 saturated heterocycles. The average molecular weight is 349 g/mol. The van der Waals surface area contributed by atoms with Gasteiger partial charge in [-0.25, -0.2) is 0 Å². The van der Waals surface area contributed by atoms with E-state index in [1.165, 1.54) is 36.2 Å². The molecule has 3 aliphatic heterocycles. The molecule has 4 nitrogen and oxygen atoms in total. The van der Waals surface area contributed by atoms with E-state index in [0.717, 1.165) is 31.9 Å². The van der Waals surface area contributed by atoms with Crippen LogP contribution in [0, 0.1) is 0 Å². The van der Waals surface area contributed by atoms with Crippen LogP contribution >= 0.6 is 0 Å². The van der Waals surface area contributed by atoms with Crippen molar-refractivity contribution in [3.05, 3.63) is 59.4 Å². The Morgan fingerprint density at radius 2 is 2.15 bits per heavy atom. The molecule has 2 aromatic rings. The highest BCUT2D eigenvalue weighted by atomic mass is 16.5. The maximum Gasteiger partial charge on any atom is 0.122 e. The van der Waals surface area contributed by atoms with E-state index < -0.39 is 0 Å². The highest BCUT2D eigenvalue weighted by Crippen LogP contribution is 2.36. The minimum Gasteiger partial charge on any atom is -0.493 e. The third-order valence-electron chi connectivity index (χ3n) is 6.55. The SMILES string of the molecule is CC(c1ccc2c(c1)OCC2)N1CCN2CC(c3cccnc3)CC2C1. The molecule has 0 bridgehead atoms. The third-order valence-corrected chi connectivity index (χ3v) is 6.55. The molecule has 0 aliphatic carbocycles. The van der Waals surface area contributed by atoms with Crippen LogP contribution in [0.1, 0.15) is 42.0 Å². The van der Waals surface area contributed by atoms with Crippen LogP contribution in [0.4, 0.5) is 0 Å². The summed E-state index contributed by atoms with van der Waals surface area (Å²) in [6.07, 6.45) is 6.23. The van der Waals surface area contributed by atoms with E-state index in [1.807, 2.05) is 12.4 Å². The molecule has 0 radical (unpaired) electrons. The van der Waals surface area contributed by atoms with Gasteiger partial charge in [0.2, 0.25) is 0 Å². The van der Waals surface area contributed by atoms with Crippen molar-refractivity contribution in [2.75, 3.05) is 32.8 Å². The molecular weight excluding hydrogens is 322 g/mol. The summed E-state index contributed by atoms with van der Waals surface area (Å²) in [4.78, 5) is 9.66. The van der Waals surface area contributed by atoms with Crippen molar-refractivity contribution >= 4 is 0 Å². The summed E-state index contributed by atoms with van der Waals surface area (Å²) in [6.45, 7) is 7.85. The zero-order chi connectivity index (χ0) is 17.5. The number of fused-ring (bicyclic) bond motifs is 2. The van der Waals surface area contributed by atoms with E-state index >= 15 is 0 Å². The van der Waals surface area contributed by atoms with E-state index in [4.69, 9.17) is 4.74 Å². The molecule has 4 heterocycles. The van der Waals surface area contributed by atoms with Crippen molar-refractivity contribution in [3.8, 4) is 5.75 Å². The van der Waals surface area contributed by atoms with Crippen molar-refractivity contribution in [2.45, 2.75) is 37.8 Å². The largest absolute Gasteiger partial charge is 0.493 e. The third kappa shape index (κ3) is 2.91. The summed E-state index contributed by atoms with van der Waals surface area (Å²) < 4.78 is 5.78. The Balaban J connectivity index is 1.28. The lowest BCUT2D eigenvalue weighted by Crippen LogP contribution is -2.50. The molecule has 2 fully saturated rings. The van der Waals surface area contributed by atoms with E-state index in [9.17, 15) is 0 Å². The van der Waals surface area contributed by atoms with Gasteiger partial charge in [-0.2, -0.15) is 0 Å². The molecular formula is C22H27N3O. The summed E-state index contributed by atoms with van der Waals surface area (Å²) in [7, 11) is 0. The number of ether oxygens (including phenoxy) is 1. The first-order valence-corrected chi connectivity index (χ1v) is 9.91. The van der Waals surface area contributed by atoms with Gasteiger partial charge in [0.05, 0.1) is 6.61 Å².